The van der Waals surface area contributed by atoms with E-state index in [1.807, 2.05) is 0 Å². The summed E-state index contributed by atoms with van der Waals surface area (Å²) in [7, 11) is 0. The van der Waals surface area contributed by atoms with Gasteiger partial charge < -0.3 is 10.8 Å². The molecular weight excluding hydrogens is 226 g/mol. The Kier molecular flexibility index (Phi) is 3.61. The smallest absolute Gasteiger partial charge is 0.320 e. The number of aliphatic carboxylic acids is 1. The van der Waals surface area contributed by atoms with E-state index in [4.69, 9.17) is 10.8 Å². The van der Waals surface area contributed by atoms with Gasteiger partial charge in [-0.3, -0.25) is 4.79 Å². The standard InChI is InChI=1S/C12H21NO2.ClH/c1-11(2)8-3-5-12(11,6-4-8)7-9(13)10(14)15;/h8-9H,3-7,13H2,1-2H3,(H,14,15);1H/t8?,9-,12?;/m0./s1. The van der Waals surface area contributed by atoms with Gasteiger partial charge in [0.1, 0.15) is 6.04 Å². The van der Waals surface area contributed by atoms with E-state index in [2.05, 4.69) is 13.8 Å². The average Bonchev–Trinajstić information content (AvgIpc) is 2.52. The van der Waals surface area contributed by atoms with Crippen molar-refractivity contribution < 1.29 is 9.90 Å². The molecule has 2 bridgehead atoms. The first-order chi connectivity index (χ1) is 6.89. The third-order valence-corrected chi connectivity index (χ3v) is 5.26. The monoisotopic (exact) mass is 247 g/mol. The molecule has 4 heteroatoms. The van der Waals surface area contributed by atoms with Crippen LogP contribution in [0.15, 0.2) is 0 Å². The number of hydrogen-bond donors (Lipinski definition) is 2. The van der Waals surface area contributed by atoms with Crippen molar-refractivity contribution in [2.24, 2.45) is 22.5 Å². The largest absolute Gasteiger partial charge is 0.480 e. The highest BCUT2D eigenvalue weighted by atomic mass is 35.5. The summed E-state index contributed by atoms with van der Waals surface area (Å²) in [6.45, 7) is 4.60. The van der Waals surface area contributed by atoms with E-state index in [-0.39, 0.29) is 17.8 Å². The summed E-state index contributed by atoms with van der Waals surface area (Å²) in [6, 6.07) is -0.680. The van der Waals surface area contributed by atoms with E-state index in [0.29, 0.717) is 11.8 Å². The maximum absolute atomic E-state index is 10.8. The van der Waals surface area contributed by atoms with Crippen molar-refractivity contribution in [3.8, 4) is 0 Å². The fourth-order valence-corrected chi connectivity index (χ4v) is 3.94. The Labute approximate surface area is 103 Å². The number of rotatable bonds is 3. The molecule has 0 heterocycles. The molecule has 2 aliphatic rings. The van der Waals surface area contributed by atoms with Gasteiger partial charge in [0.2, 0.25) is 0 Å². The molecule has 16 heavy (non-hydrogen) atoms. The SMILES string of the molecule is CC1(C)C2CCC1(C[C@H](N)C(=O)O)CC2.Cl. The normalized spacial score (nSPS) is 36.8. The molecule has 0 unspecified atom stereocenters. The number of carboxylic acids is 1. The minimum Gasteiger partial charge on any atom is -0.480 e. The third kappa shape index (κ3) is 1.74. The Bertz CT molecular complexity index is 283. The van der Waals surface area contributed by atoms with Crippen LogP contribution in [0.4, 0.5) is 0 Å². The molecule has 3 nitrogen and oxygen atoms in total. The van der Waals surface area contributed by atoms with Crippen molar-refractivity contribution >= 4 is 18.4 Å². The minimum absolute atomic E-state index is 0. The molecule has 2 rings (SSSR count). The van der Waals surface area contributed by atoms with Crippen LogP contribution in [0, 0.1) is 16.7 Å². The van der Waals surface area contributed by atoms with Gasteiger partial charge in [-0.15, -0.1) is 12.4 Å². The Hall–Kier alpha value is -0.280. The van der Waals surface area contributed by atoms with E-state index >= 15 is 0 Å². The summed E-state index contributed by atoms with van der Waals surface area (Å²) in [4.78, 5) is 10.8. The number of fused-ring (bicyclic) bond motifs is 2. The zero-order valence-corrected chi connectivity index (χ0v) is 10.8. The first-order valence-corrected chi connectivity index (χ1v) is 5.87. The average molecular weight is 248 g/mol. The molecule has 0 saturated heterocycles. The van der Waals surface area contributed by atoms with E-state index in [9.17, 15) is 4.79 Å². The summed E-state index contributed by atoms with van der Waals surface area (Å²) in [6.07, 6.45) is 5.53. The van der Waals surface area contributed by atoms with Gasteiger partial charge in [0.25, 0.3) is 0 Å². The van der Waals surface area contributed by atoms with E-state index in [0.717, 1.165) is 5.92 Å². The molecular formula is C12H22ClNO2. The lowest BCUT2D eigenvalue weighted by atomic mass is 9.66. The van der Waals surface area contributed by atoms with E-state index in [1.54, 1.807) is 0 Å². The van der Waals surface area contributed by atoms with Crippen molar-refractivity contribution in [3.05, 3.63) is 0 Å². The highest BCUT2D eigenvalue weighted by Crippen LogP contribution is 2.67. The molecule has 0 radical (unpaired) electrons. The summed E-state index contributed by atoms with van der Waals surface area (Å²) >= 11 is 0. The van der Waals surface area contributed by atoms with Gasteiger partial charge in [-0.2, -0.15) is 0 Å². The maximum Gasteiger partial charge on any atom is 0.320 e. The van der Waals surface area contributed by atoms with Crippen molar-refractivity contribution in [3.63, 3.8) is 0 Å². The number of nitrogens with two attached hydrogens (primary N) is 1. The Morgan fingerprint density at radius 1 is 1.44 bits per heavy atom. The molecule has 2 fully saturated rings. The molecule has 0 spiro atoms. The zero-order valence-electron chi connectivity index (χ0n) is 10.0. The lowest BCUT2D eigenvalue weighted by molar-refractivity contribution is -0.139. The molecule has 1 atom stereocenters. The first-order valence-electron chi connectivity index (χ1n) is 5.87. The molecule has 0 aromatic carbocycles. The van der Waals surface area contributed by atoms with E-state index < -0.39 is 12.0 Å². The van der Waals surface area contributed by atoms with Crippen LogP contribution in [-0.2, 0) is 4.79 Å². The van der Waals surface area contributed by atoms with Crippen LogP contribution in [0.1, 0.15) is 46.0 Å². The molecule has 0 aromatic rings. The maximum atomic E-state index is 10.8. The van der Waals surface area contributed by atoms with Gasteiger partial charge in [-0.25, -0.2) is 0 Å². The third-order valence-electron chi connectivity index (χ3n) is 5.26. The van der Waals surface area contributed by atoms with Crippen molar-refractivity contribution in [1.29, 1.82) is 0 Å². The number of halogens is 1. The van der Waals surface area contributed by atoms with Gasteiger partial charge in [0.05, 0.1) is 0 Å². The lowest BCUT2D eigenvalue weighted by Gasteiger charge is -2.39. The van der Waals surface area contributed by atoms with Crippen molar-refractivity contribution in [2.75, 3.05) is 0 Å². The summed E-state index contributed by atoms with van der Waals surface area (Å²) in [5, 5.41) is 8.91. The van der Waals surface area contributed by atoms with Crippen LogP contribution >= 0.6 is 12.4 Å². The second kappa shape index (κ2) is 4.19. The van der Waals surface area contributed by atoms with Crippen molar-refractivity contribution in [2.45, 2.75) is 52.0 Å². The Morgan fingerprint density at radius 2 is 1.94 bits per heavy atom. The minimum atomic E-state index is -0.851. The second-order valence-electron chi connectivity index (χ2n) is 5.93. The van der Waals surface area contributed by atoms with Crippen LogP contribution < -0.4 is 5.73 Å². The molecule has 94 valence electrons. The highest BCUT2D eigenvalue weighted by Gasteiger charge is 2.59. The van der Waals surface area contributed by atoms with Crippen LogP contribution in [0.25, 0.3) is 0 Å². The molecule has 0 amide bonds. The molecule has 0 aliphatic heterocycles. The Balaban J connectivity index is 0.00000128. The molecule has 0 aromatic heterocycles. The van der Waals surface area contributed by atoms with Gasteiger partial charge in [-0.05, 0) is 48.9 Å². The predicted octanol–water partition coefficient (Wildman–Crippen LogP) is 2.43. The number of carboxylic acid groups (broad SMARTS) is 1. The van der Waals surface area contributed by atoms with Gasteiger partial charge >= 0.3 is 5.97 Å². The van der Waals surface area contributed by atoms with Crippen LogP contribution in [0.2, 0.25) is 0 Å². The first kappa shape index (κ1) is 13.8. The van der Waals surface area contributed by atoms with Crippen LogP contribution in [0.3, 0.4) is 0 Å². The van der Waals surface area contributed by atoms with Crippen LogP contribution in [0.5, 0.6) is 0 Å². The van der Waals surface area contributed by atoms with Gasteiger partial charge in [-0.1, -0.05) is 13.8 Å². The topological polar surface area (TPSA) is 63.3 Å². The second-order valence-corrected chi connectivity index (χ2v) is 5.93. The Morgan fingerprint density at radius 3 is 2.25 bits per heavy atom. The lowest BCUT2D eigenvalue weighted by Crippen LogP contribution is -2.40. The quantitative estimate of drug-likeness (QED) is 0.805. The van der Waals surface area contributed by atoms with Gasteiger partial charge in [0.15, 0.2) is 0 Å². The fourth-order valence-electron chi connectivity index (χ4n) is 3.94. The summed E-state index contributed by atoms with van der Waals surface area (Å²) in [5.41, 5.74) is 6.19. The summed E-state index contributed by atoms with van der Waals surface area (Å²) < 4.78 is 0. The number of hydrogen-bond acceptors (Lipinski definition) is 2. The molecule has 3 N–H and O–H groups in total. The highest BCUT2D eigenvalue weighted by molar-refractivity contribution is 5.85. The predicted molar refractivity (Wildman–Crippen MR) is 65.6 cm³/mol. The van der Waals surface area contributed by atoms with Crippen molar-refractivity contribution in [1.82, 2.24) is 0 Å². The molecule has 2 saturated carbocycles. The van der Waals surface area contributed by atoms with E-state index in [1.165, 1.54) is 25.7 Å². The van der Waals surface area contributed by atoms with Crippen LogP contribution in [-0.4, -0.2) is 17.1 Å². The summed E-state index contributed by atoms with van der Waals surface area (Å²) in [5.74, 6) is -0.0611. The molecule has 2 aliphatic carbocycles. The number of carbonyl (C=O) groups is 1. The van der Waals surface area contributed by atoms with Gasteiger partial charge in [0, 0.05) is 0 Å². The fraction of sp³-hybridized carbons (Fsp3) is 0.917. The zero-order chi connectivity index (χ0) is 11.3.